The third-order valence-electron chi connectivity index (χ3n) is 3.78. The van der Waals surface area contributed by atoms with Gasteiger partial charge in [0, 0.05) is 24.3 Å². The van der Waals surface area contributed by atoms with Crippen LogP contribution in [0.1, 0.15) is 0 Å². The van der Waals surface area contributed by atoms with E-state index in [1.54, 1.807) is 49.8 Å². The van der Waals surface area contributed by atoms with E-state index in [-0.39, 0.29) is 19.1 Å². The van der Waals surface area contributed by atoms with Gasteiger partial charge in [-0.25, -0.2) is 0 Å². The summed E-state index contributed by atoms with van der Waals surface area (Å²) in [5.74, 6) is 1.78. The van der Waals surface area contributed by atoms with Crippen molar-refractivity contribution in [1.29, 1.82) is 0 Å². The van der Waals surface area contributed by atoms with Gasteiger partial charge in [0.1, 0.15) is 29.5 Å². The summed E-state index contributed by atoms with van der Waals surface area (Å²) < 4.78 is 21.3. The summed E-state index contributed by atoms with van der Waals surface area (Å²) in [7, 11) is 3.09. The summed E-state index contributed by atoms with van der Waals surface area (Å²) in [5.41, 5.74) is 0.798. The average Bonchev–Trinajstić information content (AvgIpc) is 3.30. The highest BCUT2D eigenvalue weighted by atomic mass is 32.1. The highest BCUT2D eigenvalue weighted by Crippen LogP contribution is 2.27. The molecule has 2 heterocycles. The van der Waals surface area contributed by atoms with Crippen molar-refractivity contribution in [2.24, 2.45) is 0 Å². The number of aromatic nitrogens is 2. The van der Waals surface area contributed by atoms with Crippen LogP contribution in [0.3, 0.4) is 0 Å². The van der Waals surface area contributed by atoms with Crippen molar-refractivity contribution in [2.45, 2.75) is 0 Å². The van der Waals surface area contributed by atoms with E-state index in [4.69, 9.17) is 18.9 Å². The predicted octanol–water partition coefficient (Wildman–Crippen LogP) is 2.80. The molecule has 2 aromatic heterocycles. The standard InChI is InChI=1S/C20H21N3O5S/c1-25-14-10-15(26-2)12-16(11-14)28-13-19(24)21-7-8-27-20-6-5-17(22-23-20)18-4-3-9-29-18/h3-6,9-12H,7-8,13H2,1-2H3,(H,21,24). The Hall–Kier alpha value is -3.33. The fourth-order valence-corrected chi connectivity index (χ4v) is 3.05. The third kappa shape index (κ3) is 6.08. The number of ether oxygens (including phenoxy) is 4. The largest absolute Gasteiger partial charge is 0.496 e. The minimum absolute atomic E-state index is 0.133. The monoisotopic (exact) mass is 415 g/mol. The van der Waals surface area contributed by atoms with E-state index in [0.29, 0.717) is 29.7 Å². The third-order valence-corrected chi connectivity index (χ3v) is 4.68. The summed E-state index contributed by atoms with van der Waals surface area (Å²) in [6.07, 6.45) is 0. The number of rotatable bonds is 10. The minimum Gasteiger partial charge on any atom is -0.496 e. The molecule has 8 nitrogen and oxygen atoms in total. The van der Waals surface area contributed by atoms with E-state index in [2.05, 4.69) is 15.5 Å². The fourth-order valence-electron chi connectivity index (χ4n) is 2.36. The van der Waals surface area contributed by atoms with Gasteiger partial charge in [0.15, 0.2) is 6.61 Å². The molecule has 0 saturated carbocycles. The number of nitrogens with one attached hydrogen (secondary N) is 1. The van der Waals surface area contributed by atoms with Gasteiger partial charge in [-0.3, -0.25) is 4.79 Å². The van der Waals surface area contributed by atoms with Crippen molar-refractivity contribution >= 4 is 17.2 Å². The average molecular weight is 415 g/mol. The molecule has 0 bridgehead atoms. The Morgan fingerprint density at radius 1 is 1.00 bits per heavy atom. The molecular formula is C20H21N3O5S. The van der Waals surface area contributed by atoms with Crippen LogP contribution < -0.4 is 24.3 Å². The molecule has 29 heavy (non-hydrogen) atoms. The number of carbonyl (C=O) groups is 1. The molecule has 0 atom stereocenters. The van der Waals surface area contributed by atoms with Crippen LogP contribution in [0.25, 0.3) is 10.6 Å². The second-order valence-electron chi connectivity index (χ2n) is 5.77. The maximum absolute atomic E-state index is 11.9. The van der Waals surface area contributed by atoms with Crippen molar-refractivity contribution in [3.63, 3.8) is 0 Å². The zero-order chi connectivity index (χ0) is 20.5. The van der Waals surface area contributed by atoms with Gasteiger partial charge >= 0.3 is 0 Å². The second-order valence-corrected chi connectivity index (χ2v) is 6.72. The van der Waals surface area contributed by atoms with E-state index in [1.165, 1.54) is 0 Å². The molecule has 3 aromatic rings. The molecule has 0 spiro atoms. The molecular weight excluding hydrogens is 394 g/mol. The summed E-state index contributed by atoms with van der Waals surface area (Å²) >= 11 is 1.60. The number of benzene rings is 1. The molecule has 9 heteroatoms. The first-order valence-corrected chi connectivity index (χ1v) is 9.69. The normalized spacial score (nSPS) is 10.3. The van der Waals surface area contributed by atoms with Crippen LogP contribution in [-0.4, -0.2) is 50.1 Å². The molecule has 1 N–H and O–H groups in total. The van der Waals surface area contributed by atoms with Gasteiger partial charge in [0.2, 0.25) is 5.88 Å². The van der Waals surface area contributed by atoms with Gasteiger partial charge in [0.05, 0.1) is 25.6 Å². The van der Waals surface area contributed by atoms with Gasteiger partial charge in [-0.05, 0) is 17.5 Å². The van der Waals surface area contributed by atoms with Crippen molar-refractivity contribution in [1.82, 2.24) is 15.5 Å². The molecule has 1 aromatic carbocycles. The molecule has 0 radical (unpaired) electrons. The Bertz CT molecular complexity index is 894. The smallest absolute Gasteiger partial charge is 0.258 e. The molecule has 0 aliphatic rings. The Kier molecular flexibility index (Phi) is 7.23. The lowest BCUT2D eigenvalue weighted by molar-refractivity contribution is -0.123. The molecule has 1 amide bonds. The van der Waals surface area contributed by atoms with Crippen LogP contribution in [0.2, 0.25) is 0 Å². The lowest BCUT2D eigenvalue weighted by Crippen LogP contribution is -2.32. The van der Waals surface area contributed by atoms with Gasteiger partial charge < -0.3 is 24.3 Å². The van der Waals surface area contributed by atoms with Gasteiger partial charge in [-0.2, -0.15) is 0 Å². The molecule has 0 saturated heterocycles. The highest BCUT2D eigenvalue weighted by Gasteiger charge is 2.07. The Morgan fingerprint density at radius 3 is 2.38 bits per heavy atom. The number of carbonyl (C=O) groups excluding carboxylic acids is 1. The summed E-state index contributed by atoms with van der Waals surface area (Å²) in [6, 6.07) is 12.6. The summed E-state index contributed by atoms with van der Waals surface area (Å²) in [6.45, 7) is 0.454. The topological polar surface area (TPSA) is 91.8 Å². The molecule has 152 valence electrons. The second kappa shape index (κ2) is 10.3. The Balaban J connectivity index is 1.38. The highest BCUT2D eigenvalue weighted by molar-refractivity contribution is 7.13. The SMILES string of the molecule is COc1cc(OC)cc(OCC(=O)NCCOc2ccc(-c3cccs3)nn2)c1. The van der Waals surface area contributed by atoms with Gasteiger partial charge in [0.25, 0.3) is 5.91 Å². The molecule has 3 rings (SSSR count). The number of methoxy groups -OCH3 is 2. The van der Waals surface area contributed by atoms with E-state index in [0.717, 1.165) is 10.6 Å². The number of nitrogens with zero attached hydrogens (tertiary/aromatic N) is 2. The number of hydrogen-bond acceptors (Lipinski definition) is 8. The van der Waals surface area contributed by atoms with Crippen LogP contribution >= 0.6 is 11.3 Å². The van der Waals surface area contributed by atoms with Crippen LogP contribution in [0.15, 0.2) is 47.8 Å². The first kappa shape index (κ1) is 20.4. The quantitative estimate of drug-likeness (QED) is 0.509. The van der Waals surface area contributed by atoms with Crippen molar-refractivity contribution in [3.8, 4) is 33.7 Å². The summed E-state index contributed by atoms with van der Waals surface area (Å²) in [5, 5.41) is 12.9. The summed E-state index contributed by atoms with van der Waals surface area (Å²) in [4.78, 5) is 13.0. The minimum atomic E-state index is -0.269. The predicted molar refractivity (Wildman–Crippen MR) is 109 cm³/mol. The lowest BCUT2D eigenvalue weighted by Gasteiger charge is -2.11. The fraction of sp³-hybridized carbons (Fsp3) is 0.250. The van der Waals surface area contributed by atoms with E-state index >= 15 is 0 Å². The number of thiophene rings is 1. The van der Waals surface area contributed by atoms with Crippen LogP contribution in [-0.2, 0) is 4.79 Å². The van der Waals surface area contributed by atoms with Crippen LogP contribution in [0.4, 0.5) is 0 Å². The number of hydrogen-bond donors (Lipinski definition) is 1. The van der Waals surface area contributed by atoms with Crippen molar-refractivity contribution in [2.75, 3.05) is 34.0 Å². The molecule has 0 aliphatic heterocycles. The number of amides is 1. The lowest BCUT2D eigenvalue weighted by atomic mass is 10.3. The maximum Gasteiger partial charge on any atom is 0.258 e. The molecule has 0 aliphatic carbocycles. The van der Waals surface area contributed by atoms with Crippen molar-refractivity contribution in [3.05, 3.63) is 47.8 Å². The Labute approximate surface area is 172 Å². The van der Waals surface area contributed by atoms with E-state index in [1.807, 2.05) is 23.6 Å². The zero-order valence-electron chi connectivity index (χ0n) is 16.1. The van der Waals surface area contributed by atoms with E-state index < -0.39 is 0 Å². The molecule has 0 unspecified atom stereocenters. The van der Waals surface area contributed by atoms with Gasteiger partial charge in [-0.1, -0.05) is 6.07 Å². The van der Waals surface area contributed by atoms with E-state index in [9.17, 15) is 4.79 Å². The van der Waals surface area contributed by atoms with Crippen LogP contribution in [0, 0.1) is 0 Å². The van der Waals surface area contributed by atoms with Crippen molar-refractivity contribution < 1.29 is 23.7 Å². The maximum atomic E-state index is 11.9. The Morgan fingerprint density at radius 2 is 1.76 bits per heavy atom. The zero-order valence-corrected chi connectivity index (χ0v) is 16.9. The van der Waals surface area contributed by atoms with Crippen LogP contribution in [0.5, 0.6) is 23.1 Å². The molecule has 0 fully saturated rings. The first-order chi connectivity index (χ1) is 14.2. The van der Waals surface area contributed by atoms with Gasteiger partial charge in [-0.15, -0.1) is 21.5 Å². The first-order valence-electron chi connectivity index (χ1n) is 8.81.